The first-order valence-corrected chi connectivity index (χ1v) is 9.38. The van der Waals surface area contributed by atoms with Gasteiger partial charge in [0.2, 0.25) is 5.11 Å². The van der Waals surface area contributed by atoms with Crippen molar-refractivity contribution in [1.29, 1.82) is 0 Å². The number of thiocarbonyl (C=S) groups is 2. The highest BCUT2D eigenvalue weighted by molar-refractivity contribution is 7.80. The van der Waals surface area contributed by atoms with Gasteiger partial charge in [-0.05, 0) is 55.6 Å². The van der Waals surface area contributed by atoms with Crippen LogP contribution >= 0.6 is 24.4 Å². The van der Waals surface area contributed by atoms with E-state index in [0.717, 1.165) is 10.7 Å². The van der Waals surface area contributed by atoms with Crippen molar-refractivity contribution in [3.8, 4) is 0 Å². The van der Waals surface area contributed by atoms with E-state index in [1.54, 1.807) is 6.92 Å². The van der Waals surface area contributed by atoms with E-state index < -0.39 is 16.9 Å². The first kappa shape index (κ1) is 21.1. The van der Waals surface area contributed by atoms with E-state index >= 15 is 0 Å². The van der Waals surface area contributed by atoms with Crippen molar-refractivity contribution in [2.24, 2.45) is 15.2 Å². The zero-order valence-corrected chi connectivity index (χ0v) is 17.2. The van der Waals surface area contributed by atoms with E-state index in [1.807, 2.05) is 30.3 Å². The number of aliphatic imine (C=N–C) groups is 1. The molecule has 1 aliphatic rings. The molecule has 3 rings (SSSR count). The molecule has 2 aromatic rings. The van der Waals surface area contributed by atoms with Crippen LogP contribution in [0.15, 0.2) is 69.8 Å². The first-order chi connectivity index (χ1) is 14.3. The number of nitrogens with one attached hydrogen (secondary N) is 2. The topological polar surface area (TPSA) is 125 Å². The lowest BCUT2D eigenvalue weighted by molar-refractivity contribution is -0.384. The Labute approximate surface area is 181 Å². The fourth-order valence-corrected chi connectivity index (χ4v) is 2.93. The molecule has 0 fully saturated rings. The van der Waals surface area contributed by atoms with Gasteiger partial charge in [0, 0.05) is 17.8 Å². The lowest BCUT2D eigenvalue weighted by Crippen LogP contribution is -2.57. The van der Waals surface area contributed by atoms with Crippen molar-refractivity contribution in [1.82, 2.24) is 10.4 Å². The second kappa shape index (κ2) is 9.24. The Hall–Kier alpha value is -3.64. The number of para-hydroxylation sites is 1. The van der Waals surface area contributed by atoms with Crippen LogP contribution < -0.4 is 10.7 Å². The van der Waals surface area contributed by atoms with E-state index in [9.17, 15) is 14.9 Å². The third-order valence-electron chi connectivity index (χ3n) is 3.91. The molecule has 0 bridgehead atoms. The van der Waals surface area contributed by atoms with Crippen LogP contribution in [0.4, 0.5) is 17.1 Å². The Morgan fingerprint density at radius 1 is 1.20 bits per heavy atom. The largest absolute Gasteiger partial charge is 0.331 e. The Bertz CT molecular complexity index is 1060. The van der Waals surface area contributed by atoms with Crippen LogP contribution in [0.2, 0.25) is 0 Å². The van der Waals surface area contributed by atoms with Gasteiger partial charge < -0.3 is 5.32 Å². The van der Waals surface area contributed by atoms with Gasteiger partial charge in [-0.25, -0.2) is 4.99 Å². The highest BCUT2D eigenvalue weighted by atomic mass is 32.1. The molecule has 12 heteroatoms. The normalized spacial score (nSPS) is 16.4. The van der Waals surface area contributed by atoms with Gasteiger partial charge in [-0.2, -0.15) is 15.2 Å². The van der Waals surface area contributed by atoms with Crippen LogP contribution in [0.5, 0.6) is 0 Å². The number of benzene rings is 2. The summed E-state index contributed by atoms with van der Waals surface area (Å²) in [5, 5.41) is 22.9. The molecule has 2 aromatic carbocycles. The minimum absolute atomic E-state index is 0.00324. The fraction of sp³-hybridized carbons (Fsp3) is 0.111. The zero-order valence-electron chi connectivity index (χ0n) is 15.6. The molecular formula is C18H15N7O3S2. The number of rotatable bonds is 5. The molecule has 0 radical (unpaired) electrons. The molecule has 2 N–H and O–H groups in total. The number of carbonyl (C=O) groups is 1. The van der Waals surface area contributed by atoms with Gasteiger partial charge in [0.15, 0.2) is 11.2 Å². The van der Waals surface area contributed by atoms with Crippen molar-refractivity contribution >= 4 is 63.3 Å². The Kier molecular flexibility index (Phi) is 6.49. The van der Waals surface area contributed by atoms with E-state index in [-0.39, 0.29) is 15.9 Å². The number of hydrogen-bond acceptors (Lipinski definition) is 7. The molecule has 1 amide bonds. The third-order valence-corrected chi connectivity index (χ3v) is 4.37. The number of hydrogen-bond donors (Lipinski definition) is 2. The molecule has 10 nitrogen and oxygen atoms in total. The Morgan fingerprint density at radius 3 is 2.50 bits per heavy atom. The molecule has 30 heavy (non-hydrogen) atoms. The molecule has 0 saturated carbocycles. The third kappa shape index (κ3) is 5.04. The maximum atomic E-state index is 12.9. The van der Waals surface area contributed by atoms with Gasteiger partial charge >= 0.3 is 0 Å². The van der Waals surface area contributed by atoms with Crippen LogP contribution in [-0.4, -0.2) is 37.8 Å². The van der Waals surface area contributed by atoms with E-state index in [1.165, 1.54) is 24.3 Å². The summed E-state index contributed by atoms with van der Waals surface area (Å²) < 4.78 is 0. The lowest BCUT2D eigenvalue weighted by atomic mass is 10.1. The number of anilines is 1. The molecule has 0 spiro atoms. The van der Waals surface area contributed by atoms with Crippen LogP contribution in [-0.2, 0) is 4.79 Å². The average Bonchev–Trinajstić information content (AvgIpc) is 2.72. The van der Waals surface area contributed by atoms with Crippen molar-refractivity contribution in [2.45, 2.75) is 13.0 Å². The summed E-state index contributed by atoms with van der Waals surface area (Å²) in [4.78, 5) is 27.2. The van der Waals surface area contributed by atoms with E-state index in [2.05, 4.69) is 26.0 Å². The first-order valence-electron chi connectivity index (χ1n) is 8.56. The number of nitro groups is 1. The Morgan fingerprint density at radius 2 is 1.87 bits per heavy atom. The summed E-state index contributed by atoms with van der Waals surface area (Å²) in [5.74, 6) is -0.504. The maximum absolute atomic E-state index is 12.9. The second-order valence-electron chi connectivity index (χ2n) is 6.03. The number of amides is 1. The monoisotopic (exact) mass is 441 g/mol. The van der Waals surface area contributed by atoms with E-state index in [4.69, 9.17) is 24.4 Å². The number of non-ortho nitro benzene ring substituents is 1. The molecule has 1 aliphatic heterocycles. The quantitative estimate of drug-likeness (QED) is 0.315. The molecular weight excluding hydrogens is 426 g/mol. The standard InChI is InChI=1S/C18H15N7O3S2/c1-11-15(22-21-13-7-9-14(10-8-13)25(27)28)16(26)24(18(30)19-11)23-17(29)20-12-5-3-2-4-6-12/h2-10,15H,1H3,(H2,20,23,29)/t15-/m1/s1. The maximum Gasteiger partial charge on any atom is 0.280 e. The van der Waals surface area contributed by atoms with Gasteiger partial charge in [0.05, 0.1) is 16.3 Å². The van der Waals surface area contributed by atoms with Crippen LogP contribution in [0.3, 0.4) is 0 Å². The molecule has 0 aromatic heterocycles. The van der Waals surface area contributed by atoms with Gasteiger partial charge in [-0.3, -0.25) is 20.3 Å². The van der Waals surface area contributed by atoms with Gasteiger partial charge in [0.1, 0.15) is 0 Å². The summed E-state index contributed by atoms with van der Waals surface area (Å²) in [6, 6.07) is 13.6. The van der Waals surface area contributed by atoms with Gasteiger partial charge in [-0.1, -0.05) is 18.2 Å². The number of azo groups is 1. The summed E-state index contributed by atoms with van der Waals surface area (Å²) >= 11 is 10.4. The molecule has 0 saturated heterocycles. The minimum atomic E-state index is -1.01. The summed E-state index contributed by atoms with van der Waals surface area (Å²) in [7, 11) is 0. The number of nitrogens with zero attached hydrogens (tertiary/aromatic N) is 5. The van der Waals surface area contributed by atoms with Crippen molar-refractivity contribution in [2.75, 3.05) is 5.32 Å². The zero-order chi connectivity index (χ0) is 21.7. The summed E-state index contributed by atoms with van der Waals surface area (Å²) in [5.41, 5.74) is 4.11. The van der Waals surface area contributed by atoms with Gasteiger partial charge in [0.25, 0.3) is 11.6 Å². The lowest BCUT2D eigenvalue weighted by Gasteiger charge is -2.29. The second-order valence-corrected chi connectivity index (χ2v) is 6.81. The molecule has 0 aliphatic carbocycles. The van der Waals surface area contributed by atoms with Crippen LogP contribution in [0, 0.1) is 10.1 Å². The summed E-state index contributed by atoms with van der Waals surface area (Å²) in [6.45, 7) is 1.61. The SMILES string of the molecule is CC1=NC(=S)N(NC(=S)Nc2ccccc2)C(=O)[C@@H]1N=Nc1ccc([N+](=O)[O-])cc1. The summed E-state index contributed by atoms with van der Waals surface area (Å²) in [6.07, 6.45) is 0. The number of nitro benzene ring substituents is 1. The van der Waals surface area contributed by atoms with E-state index in [0.29, 0.717) is 11.4 Å². The minimum Gasteiger partial charge on any atom is -0.331 e. The predicted molar refractivity (Wildman–Crippen MR) is 120 cm³/mol. The van der Waals surface area contributed by atoms with Crippen molar-refractivity contribution < 1.29 is 9.72 Å². The van der Waals surface area contributed by atoms with Crippen molar-refractivity contribution in [3.05, 3.63) is 64.7 Å². The smallest absolute Gasteiger partial charge is 0.280 e. The Balaban J connectivity index is 1.72. The predicted octanol–water partition coefficient (Wildman–Crippen LogP) is 3.54. The molecule has 1 atom stereocenters. The highest BCUT2D eigenvalue weighted by Crippen LogP contribution is 2.20. The molecule has 152 valence electrons. The van der Waals surface area contributed by atoms with Gasteiger partial charge in [-0.15, -0.1) is 0 Å². The molecule has 1 heterocycles. The fourth-order valence-electron chi connectivity index (χ4n) is 2.44. The number of hydrazine groups is 1. The number of carbonyl (C=O) groups excluding carboxylic acids is 1. The average molecular weight is 441 g/mol. The molecule has 0 unspecified atom stereocenters. The van der Waals surface area contributed by atoms with Crippen LogP contribution in [0.25, 0.3) is 0 Å². The highest BCUT2D eigenvalue weighted by Gasteiger charge is 2.34. The van der Waals surface area contributed by atoms with Crippen molar-refractivity contribution in [3.63, 3.8) is 0 Å². The van der Waals surface area contributed by atoms with Crippen LogP contribution in [0.1, 0.15) is 6.92 Å².